The Morgan fingerprint density at radius 1 is 1.00 bits per heavy atom. The maximum absolute atomic E-state index is 8.45. The van der Waals surface area contributed by atoms with Crippen LogP contribution in [0.5, 0.6) is 5.75 Å². The molecule has 4 heteroatoms. The van der Waals surface area contributed by atoms with E-state index in [0.29, 0.717) is 12.4 Å². The molecule has 0 saturated carbocycles. The van der Waals surface area contributed by atoms with Gasteiger partial charge in [0.05, 0.1) is 6.61 Å². The lowest BCUT2D eigenvalue weighted by molar-refractivity contribution is 0.185. The Morgan fingerprint density at radius 2 is 1.67 bits per heavy atom. The van der Waals surface area contributed by atoms with Crippen molar-refractivity contribution in [3.05, 3.63) is 59.7 Å². The van der Waals surface area contributed by atoms with Crippen LogP contribution in [-0.2, 0) is 17.9 Å². The van der Waals surface area contributed by atoms with Crippen LogP contribution in [0.4, 0.5) is 5.69 Å². The Labute approximate surface area is 124 Å². The number of nitrogens with one attached hydrogen (secondary N) is 1. The van der Waals surface area contributed by atoms with Gasteiger partial charge in [0.25, 0.3) is 0 Å². The van der Waals surface area contributed by atoms with Crippen LogP contribution in [-0.4, -0.2) is 13.7 Å². The number of anilines is 1. The lowest BCUT2D eigenvalue weighted by atomic mass is 10.1. The van der Waals surface area contributed by atoms with E-state index in [2.05, 4.69) is 29.6 Å². The molecule has 0 atom stereocenters. The third-order valence-corrected chi connectivity index (χ3v) is 2.99. The van der Waals surface area contributed by atoms with Crippen molar-refractivity contribution in [1.29, 1.82) is 5.26 Å². The van der Waals surface area contributed by atoms with Crippen molar-refractivity contribution >= 4 is 5.69 Å². The van der Waals surface area contributed by atoms with E-state index in [1.807, 2.05) is 30.3 Å². The predicted molar refractivity (Wildman–Crippen MR) is 82.0 cm³/mol. The van der Waals surface area contributed by atoms with Gasteiger partial charge in [0.15, 0.2) is 6.61 Å². The molecule has 0 fully saturated rings. The Bertz CT molecular complexity index is 586. The fourth-order valence-corrected chi connectivity index (χ4v) is 1.91. The number of ether oxygens (including phenoxy) is 2. The van der Waals surface area contributed by atoms with E-state index in [4.69, 9.17) is 14.7 Å². The van der Waals surface area contributed by atoms with Gasteiger partial charge in [0.2, 0.25) is 0 Å². The van der Waals surface area contributed by atoms with Gasteiger partial charge in [-0.2, -0.15) is 5.26 Å². The number of methoxy groups -OCH3 is 1. The second-order valence-electron chi connectivity index (χ2n) is 4.57. The fourth-order valence-electron chi connectivity index (χ4n) is 1.91. The average molecular weight is 282 g/mol. The summed E-state index contributed by atoms with van der Waals surface area (Å²) in [6.45, 7) is 1.46. The third-order valence-electron chi connectivity index (χ3n) is 2.99. The van der Waals surface area contributed by atoms with Gasteiger partial charge in [-0.25, -0.2) is 0 Å². The van der Waals surface area contributed by atoms with Gasteiger partial charge in [-0.05, 0) is 35.4 Å². The number of rotatable bonds is 7. The molecule has 0 aliphatic heterocycles. The minimum Gasteiger partial charge on any atom is -0.479 e. The Morgan fingerprint density at radius 3 is 2.29 bits per heavy atom. The SMILES string of the molecule is COCc1ccc(CNc2ccc(OCC#N)cc2)cc1. The summed E-state index contributed by atoms with van der Waals surface area (Å²) in [6, 6.07) is 17.8. The first kappa shape index (κ1) is 14.9. The lowest BCUT2D eigenvalue weighted by Gasteiger charge is -2.08. The Hall–Kier alpha value is -2.51. The summed E-state index contributed by atoms with van der Waals surface area (Å²) < 4.78 is 10.3. The number of benzene rings is 2. The van der Waals surface area contributed by atoms with Crippen molar-refractivity contribution in [2.24, 2.45) is 0 Å². The molecule has 0 amide bonds. The third kappa shape index (κ3) is 4.83. The van der Waals surface area contributed by atoms with Gasteiger partial charge in [-0.1, -0.05) is 24.3 Å². The number of nitriles is 1. The van der Waals surface area contributed by atoms with Crippen LogP contribution in [0.15, 0.2) is 48.5 Å². The molecular weight excluding hydrogens is 264 g/mol. The van der Waals surface area contributed by atoms with Gasteiger partial charge in [-0.15, -0.1) is 0 Å². The molecular formula is C17H18N2O2. The van der Waals surface area contributed by atoms with Crippen molar-refractivity contribution in [2.45, 2.75) is 13.2 Å². The first-order valence-corrected chi connectivity index (χ1v) is 6.72. The molecule has 108 valence electrons. The zero-order chi connectivity index (χ0) is 14.9. The molecule has 0 aliphatic rings. The van der Waals surface area contributed by atoms with Crippen molar-refractivity contribution in [3.8, 4) is 11.8 Å². The van der Waals surface area contributed by atoms with Crippen molar-refractivity contribution < 1.29 is 9.47 Å². The summed E-state index contributed by atoms with van der Waals surface area (Å²) in [5, 5.41) is 11.8. The second kappa shape index (κ2) is 7.93. The van der Waals surface area contributed by atoms with Gasteiger partial charge < -0.3 is 14.8 Å². The molecule has 4 nitrogen and oxygen atoms in total. The average Bonchev–Trinajstić information content (AvgIpc) is 2.53. The highest BCUT2D eigenvalue weighted by molar-refractivity contribution is 5.46. The summed E-state index contributed by atoms with van der Waals surface area (Å²) in [6.07, 6.45) is 0. The lowest BCUT2D eigenvalue weighted by Crippen LogP contribution is -2.00. The van der Waals surface area contributed by atoms with Gasteiger partial charge in [0, 0.05) is 19.3 Å². The number of hydrogen-bond acceptors (Lipinski definition) is 4. The molecule has 0 spiro atoms. The Kier molecular flexibility index (Phi) is 5.62. The van der Waals surface area contributed by atoms with Crippen LogP contribution < -0.4 is 10.1 Å². The molecule has 2 rings (SSSR count). The molecule has 0 aromatic heterocycles. The molecule has 2 aromatic carbocycles. The maximum atomic E-state index is 8.45. The van der Waals surface area contributed by atoms with Crippen LogP contribution in [0.1, 0.15) is 11.1 Å². The molecule has 0 heterocycles. The molecule has 1 N–H and O–H groups in total. The maximum Gasteiger partial charge on any atom is 0.174 e. The summed E-state index contributed by atoms with van der Waals surface area (Å²) in [7, 11) is 1.69. The summed E-state index contributed by atoms with van der Waals surface area (Å²) in [4.78, 5) is 0. The van der Waals surface area contributed by atoms with Gasteiger partial charge >= 0.3 is 0 Å². The fraction of sp³-hybridized carbons (Fsp3) is 0.235. The van der Waals surface area contributed by atoms with E-state index in [1.165, 1.54) is 11.1 Å². The highest BCUT2D eigenvalue weighted by Gasteiger charge is 1.97. The zero-order valence-electron chi connectivity index (χ0n) is 12.0. The van der Waals surface area contributed by atoms with Crippen LogP contribution >= 0.6 is 0 Å². The van der Waals surface area contributed by atoms with Crippen LogP contribution in [0, 0.1) is 11.3 Å². The normalized spacial score (nSPS) is 9.90. The smallest absolute Gasteiger partial charge is 0.174 e. The number of nitrogens with zero attached hydrogens (tertiary/aromatic N) is 1. The Balaban J connectivity index is 1.86. The molecule has 0 saturated heterocycles. The molecule has 21 heavy (non-hydrogen) atoms. The van der Waals surface area contributed by atoms with Crippen molar-refractivity contribution in [3.63, 3.8) is 0 Å². The van der Waals surface area contributed by atoms with E-state index in [-0.39, 0.29) is 6.61 Å². The second-order valence-corrected chi connectivity index (χ2v) is 4.57. The first-order valence-electron chi connectivity index (χ1n) is 6.72. The van der Waals surface area contributed by atoms with Gasteiger partial charge in [0.1, 0.15) is 11.8 Å². The minimum atomic E-state index is 0.0700. The van der Waals surface area contributed by atoms with E-state index in [9.17, 15) is 0 Å². The van der Waals surface area contributed by atoms with Crippen LogP contribution in [0.25, 0.3) is 0 Å². The topological polar surface area (TPSA) is 54.3 Å². The quantitative estimate of drug-likeness (QED) is 0.846. The number of hydrogen-bond donors (Lipinski definition) is 1. The van der Waals surface area contributed by atoms with E-state index in [0.717, 1.165) is 12.2 Å². The monoisotopic (exact) mass is 282 g/mol. The molecule has 0 radical (unpaired) electrons. The van der Waals surface area contributed by atoms with Crippen molar-refractivity contribution in [1.82, 2.24) is 0 Å². The summed E-state index contributed by atoms with van der Waals surface area (Å²) in [5.41, 5.74) is 3.39. The van der Waals surface area contributed by atoms with E-state index in [1.54, 1.807) is 7.11 Å². The molecule has 2 aromatic rings. The van der Waals surface area contributed by atoms with Gasteiger partial charge in [-0.3, -0.25) is 0 Å². The molecule has 0 unspecified atom stereocenters. The highest BCUT2D eigenvalue weighted by atomic mass is 16.5. The largest absolute Gasteiger partial charge is 0.479 e. The van der Waals surface area contributed by atoms with Crippen LogP contribution in [0.3, 0.4) is 0 Å². The predicted octanol–water partition coefficient (Wildman–Crippen LogP) is 3.35. The van der Waals surface area contributed by atoms with Crippen LogP contribution in [0.2, 0.25) is 0 Å². The standard InChI is InChI=1S/C17H18N2O2/c1-20-13-15-4-2-14(3-5-15)12-19-16-6-8-17(9-7-16)21-11-10-18/h2-9,19H,11-13H2,1H3. The van der Waals surface area contributed by atoms with E-state index >= 15 is 0 Å². The highest BCUT2D eigenvalue weighted by Crippen LogP contribution is 2.16. The summed E-state index contributed by atoms with van der Waals surface area (Å²) in [5.74, 6) is 0.700. The minimum absolute atomic E-state index is 0.0700. The first-order chi connectivity index (χ1) is 10.3. The summed E-state index contributed by atoms with van der Waals surface area (Å²) >= 11 is 0. The molecule has 0 aliphatic carbocycles. The zero-order valence-corrected chi connectivity index (χ0v) is 12.0. The molecule has 0 bridgehead atoms. The van der Waals surface area contributed by atoms with Crippen molar-refractivity contribution in [2.75, 3.05) is 19.0 Å². The van der Waals surface area contributed by atoms with E-state index < -0.39 is 0 Å².